The van der Waals surface area contributed by atoms with Crippen LogP contribution in [0.5, 0.6) is 5.75 Å². The molecule has 3 aromatic rings. The van der Waals surface area contributed by atoms with Crippen LogP contribution in [-0.4, -0.2) is 50.6 Å². The summed E-state index contributed by atoms with van der Waals surface area (Å²) in [6.45, 7) is 0.853. The monoisotopic (exact) mass is 467 g/mol. The second-order valence-corrected chi connectivity index (χ2v) is 8.10. The Hall–Kier alpha value is -3.85. The van der Waals surface area contributed by atoms with E-state index in [4.69, 9.17) is 11.6 Å². The number of nitrogens with one attached hydrogen (secondary N) is 2. The smallest absolute Gasteiger partial charge is 0.294 e. The zero-order valence-electron chi connectivity index (χ0n) is 17.6. The fraction of sp³-hybridized carbons (Fsp3) is 0.217. The van der Waals surface area contributed by atoms with Crippen LogP contribution in [0.15, 0.2) is 60.8 Å². The highest BCUT2D eigenvalue weighted by molar-refractivity contribution is 6.30. The molecule has 1 fully saturated rings. The number of amides is 3. The third kappa shape index (κ3) is 5.15. The molecule has 0 saturated carbocycles. The maximum Gasteiger partial charge on any atom is 0.294 e. The molecule has 1 aromatic heterocycles. The van der Waals surface area contributed by atoms with Crippen molar-refractivity contribution in [3.63, 3.8) is 0 Å². The topological polar surface area (TPSA) is 117 Å². The Labute approximate surface area is 194 Å². The number of benzene rings is 2. The highest BCUT2D eigenvalue weighted by atomic mass is 35.5. The number of rotatable bonds is 4. The minimum absolute atomic E-state index is 0.108. The first-order chi connectivity index (χ1) is 15.9. The van der Waals surface area contributed by atoms with E-state index in [-0.39, 0.29) is 29.2 Å². The first-order valence-corrected chi connectivity index (χ1v) is 10.8. The lowest BCUT2D eigenvalue weighted by molar-refractivity contribution is -0.127. The Balaban J connectivity index is 1.28. The van der Waals surface area contributed by atoms with E-state index in [1.54, 1.807) is 41.3 Å². The third-order valence-electron chi connectivity index (χ3n) is 5.47. The molecule has 3 N–H and O–H groups in total. The normalized spacial score (nSPS) is 14.0. The van der Waals surface area contributed by atoms with Gasteiger partial charge in [0, 0.05) is 29.6 Å². The van der Waals surface area contributed by atoms with E-state index >= 15 is 0 Å². The molecule has 170 valence electrons. The molecule has 0 aliphatic carbocycles. The van der Waals surface area contributed by atoms with Gasteiger partial charge in [0.05, 0.1) is 11.9 Å². The molecule has 0 bridgehead atoms. The van der Waals surface area contributed by atoms with Gasteiger partial charge in [-0.05, 0) is 49.2 Å². The van der Waals surface area contributed by atoms with Crippen LogP contribution >= 0.6 is 11.6 Å². The molecule has 1 aliphatic rings. The Morgan fingerprint density at radius 1 is 0.970 bits per heavy atom. The quantitative estimate of drug-likeness (QED) is 0.510. The number of carbonyl (C=O) groups excluding carboxylic acids is 3. The molecule has 33 heavy (non-hydrogen) atoms. The molecule has 0 unspecified atom stereocenters. The summed E-state index contributed by atoms with van der Waals surface area (Å²) in [4.78, 5) is 39.2. The predicted molar refractivity (Wildman–Crippen MR) is 121 cm³/mol. The molecule has 1 saturated heterocycles. The lowest BCUT2D eigenvalue weighted by Crippen LogP contribution is -2.48. The van der Waals surface area contributed by atoms with Crippen molar-refractivity contribution in [2.24, 2.45) is 5.92 Å². The minimum Gasteiger partial charge on any atom is -0.504 e. The van der Waals surface area contributed by atoms with Crippen LogP contribution in [0.2, 0.25) is 5.02 Å². The van der Waals surface area contributed by atoms with Crippen molar-refractivity contribution in [3.8, 4) is 11.4 Å². The Morgan fingerprint density at radius 3 is 2.30 bits per heavy atom. The molecule has 10 heteroatoms. The first kappa shape index (κ1) is 22.3. The van der Waals surface area contributed by atoms with Gasteiger partial charge in [-0.15, -0.1) is 0 Å². The van der Waals surface area contributed by atoms with Crippen LogP contribution in [0.1, 0.15) is 33.7 Å². The van der Waals surface area contributed by atoms with Gasteiger partial charge < -0.3 is 10.0 Å². The second kappa shape index (κ2) is 9.74. The summed E-state index contributed by atoms with van der Waals surface area (Å²) >= 11 is 5.87. The van der Waals surface area contributed by atoms with E-state index in [0.29, 0.717) is 42.2 Å². The summed E-state index contributed by atoms with van der Waals surface area (Å²) in [5, 5.41) is 14.7. The van der Waals surface area contributed by atoms with E-state index in [9.17, 15) is 19.5 Å². The summed E-state index contributed by atoms with van der Waals surface area (Å²) < 4.78 is 1.37. The van der Waals surface area contributed by atoms with Crippen molar-refractivity contribution in [3.05, 3.63) is 77.1 Å². The van der Waals surface area contributed by atoms with Gasteiger partial charge in [-0.2, -0.15) is 5.10 Å². The highest BCUT2D eigenvalue weighted by Crippen LogP contribution is 2.21. The summed E-state index contributed by atoms with van der Waals surface area (Å²) in [5.74, 6) is -1.85. The third-order valence-corrected chi connectivity index (χ3v) is 5.73. The number of aromatic hydroxyl groups is 1. The first-order valence-electron chi connectivity index (χ1n) is 10.4. The van der Waals surface area contributed by atoms with Crippen molar-refractivity contribution < 1.29 is 19.5 Å². The molecular formula is C23H22ClN5O4. The molecule has 0 spiro atoms. The van der Waals surface area contributed by atoms with Gasteiger partial charge in [0.25, 0.3) is 11.8 Å². The standard InChI is InChI=1S/C23H22ClN5O4/c24-17-8-6-16(7-9-17)23(33)28-12-10-15(11-13-28)21(31)25-26-22(32)20-19(30)14-29(27-20)18-4-2-1-3-5-18/h1-9,14-15,30H,10-13H2,(H,25,31)(H,26,32). The van der Waals surface area contributed by atoms with Gasteiger partial charge >= 0.3 is 0 Å². The summed E-state index contributed by atoms with van der Waals surface area (Å²) in [7, 11) is 0. The van der Waals surface area contributed by atoms with Crippen LogP contribution in [0.4, 0.5) is 0 Å². The maximum absolute atomic E-state index is 12.6. The largest absolute Gasteiger partial charge is 0.504 e. The number of hydrazine groups is 1. The molecule has 0 atom stereocenters. The van der Waals surface area contributed by atoms with Crippen LogP contribution in [0, 0.1) is 5.92 Å². The molecule has 1 aliphatic heterocycles. The van der Waals surface area contributed by atoms with Crippen molar-refractivity contribution in [1.29, 1.82) is 0 Å². The molecule has 2 heterocycles. The zero-order chi connectivity index (χ0) is 23.4. The summed E-state index contributed by atoms with van der Waals surface area (Å²) in [6.07, 6.45) is 2.25. The predicted octanol–water partition coefficient (Wildman–Crippen LogP) is 2.54. The van der Waals surface area contributed by atoms with Gasteiger partial charge in [-0.25, -0.2) is 4.68 Å². The fourth-order valence-electron chi connectivity index (χ4n) is 3.64. The van der Waals surface area contributed by atoms with Crippen LogP contribution < -0.4 is 10.9 Å². The number of piperidine rings is 1. The minimum atomic E-state index is -0.731. The number of para-hydroxylation sites is 1. The zero-order valence-corrected chi connectivity index (χ0v) is 18.3. The van der Waals surface area contributed by atoms with Crippen LogP contribution in [0.3, 0.4) is 0 Å². The van der Waals surface area contributed by atoms with Crippen molar-refractivity contribution in [1.82, 2.24) is 25.5 Å². The molecule has 4 rings (SSSR count). The number of aromatic nitrogens is 2. The van der Waals surface area contributed by atoms with Gasteiger partial charge in [0.1, 0.15) is 0 Å². The maximum atomic E-state index is 12.6. The van der Waals surface area contributed by atoms with Gasteiger partial charge in [-0.3, -0.25) is 25.2 Å². The molecule has 0 radical (unpaired) electrons. The van der Waals surface area contributed by atoms with Crippen LogP contribution in [0.25, 0.3) is 5.69 Å². The SMILES string of the molecule is O=C(NNC(=O)C1CCN(C(=O)c2ccc(Cl)cc2)CC1)c1nn(-c2ccccc2)cc1O. The Kier molecular flexibility index (Phi) is 6.60. The van der Waals surface area contributed by atoms with E-state index in [0.717, 1.165) is 0 Å². The lowest BCUT2D eigenvalue weighted by atomic mass is 9.95. The summed E-state index contributed by atoms with van der Waals surface area (Å²) in [6, 6.07) is 15.7. The lowest BCUT2D eigenvalue weighted by Gasteiger charge is -2.31. The number of likely N-dealkylation sites (tertiary alicyclic amines) is 1. The van der Waals surface area contributed by atoms with E-state index in [1.165, 1.54) is 10.9 Å². The molecular weight excluding hydrogens is 446 g/mol. The number of hydrogen-bond donors (Lipinski definition) is 3. The average molecular weight is 468 g/mol. The second-order valence-electron chi connectivity index (χ2n) is 7.66. The number of carbonyl (C=O) groups is 3. The fourth-order valence-corrected chi connectivity index (χ4v) is 3.76. The van der Waals surface area contributed by atoms with Gasteiger partial charge in [0.2, 0.25) is 5.91 Å². The van der Waals surface area contributed by atoms with E-state index in [1.807, 2.05) is 18.2 Å². The molecule has 3 amide bonds. The van der Waals surface area contributed by atoms with Crippen molar-refractivity contribution in [2.75, 3.05) is 13.1 Å². The Morgan fingerprint density at radius 2 is 1.64 bits per heavy atom. The van der Waals surface area contributed by atoms with Gasteiger partial charge in [-0.1, -0.05) is 29.8 Å². The van der Waals surface area contributed by atoms with Crippen molar-refractivity contribution in [2.45, 2.75) is 12.8 Å². The number of hydrogen-bond acceptors (Lipinski definition) is 5. The van der Waals surface area contributed by atoms with E-state index < -0.39 is 5.91 Å². The number of nitrogens with zero attached hydrogens (tertiary/aromatic N) is 3. The van der Waals surface area contributed by atoms with Crippen molar-refractivity contribution >= 4 is 29.3 Å². The number of halogens is 1. The average Bonchev–Trinajstić information content (AvgIpc) is 3.24. The van der Waals surface area contributed by atoms with E-state index in [2.05, 4.69) is 16.0 Å². The highest BCUT2D eigenvalue weighted by Gasteiger charge is 2.28. The summed E-state index contributed by atoms with van der Waals surface area (Å²) in [5.41, 5.74) is 5.71. The van der Waals surface area contributed by atoms with Crippen LogP contribution in [-0.2, 0) is 4.79 Å². The molecule has 9 nitrogen and oxygen atoms in total. The molecule has 2 aromatic carbocycles. The Bertz CT molecular complexity index is 1160. The van der Waals surface area contributed by atoms with Gasteiger partial charge in [0.15, 0.2) is 11.4 Å².